The molecule has 3 aromatic carbocycles. The van der Waals surface area contributed by atoms with E-state index < -0.39 is 67.7 Å². The van der Waals surface area contributed by atoms with E-state index in [0.717, 1.165) is 42.5 Å². The second-order valence-corrected chi connectivity index (χ2v) is 11.6. The number of hydrogen-bond donors (Lipinski definition) is 0. The zero-order valence-electron chi connectivity index (χ0n) is 20.2. The van der Waals surface area contributed by atoms with Gasteiger partial charge in [-0.1, -0.05) is 42.5 Å². The maximum absolute atomic E-state index is 14.2. The Morgan fingerprint density at radius 3 is 1.73 bits per heavy atom. The van der Waals surface area contributed by atoms with Crippen LogP contribution in [0.1, 0.15) is 29.5 Å². The van der Waals surface area contributed by atoms with E-state index in [1.54, 1.807) is 0 Å². The molecule has 0 bridgehead atoms. The maximum atomic E-state index is 14.2. The Bertz CT molecular complexity index is 1480. The molecule has 0 N–H and O–H groups in total. The molecule has 0 unspecified atom stereocenters. The van der Waals surface area contributed by atoms with Gasteiger partial charge in [0.25, 0.3) is 5.60 Å². The first kappa shape index (κ1) is 29.7. The van der Waals surface area contributed by atoms with Gasteiger partial charge in [-0.3, -0.25) is 0 Å². The molecule has 0 aliphatic heterocycles. The summed E-state index contributed by atoms with van der Waals surface area (Å²) in [6.45, 7) is 1.97. The monoisotopic (exact) mass is 594 g/mol. The number of alkyl halides is 6. The molecule has 40 heavy (non-hydrogen) atoms. The molecule has 0 saturated heterocycles. The molecule has 3 aromatic rings. The topological polar surface area (TPSA) is 43.4 Å². The smallest absolute Gasteiger partial charge is 0.349 e. The van der Waals surface area contributed by atoms with Crippen LogP contribution in [0.25, 0.3) is 0 Å². The van der Waals surface area contributed by atoms with E-state index in [0.29, 0.717) is 29.8 Å². The Labute approximate surface area is 222 Å². The summed E-state index contributed by atoms with van der Waals surface area (Å²) in [6.07, 6.45) is -12.7. The lowest BCUT2D eigenvalue weighted by Gasteiger charge is -2.43. The minimum atomic E-state index is -6.16. The highest BCUT2D eigenvalue weighted by Gasteiger charge is 2.73. The van der Waals surface area contributed by atoms with Crippen molar-refractivity contribution in [1.29, 1.82) is 0 Å². The number of halogens is 9. The van der Waals surface area contributed by atoms with Crippen molar-refractivity contribution in [2.24, 2.45) is 0 Å². The first-order chi connectivity index (χ1) is 18.5. The van der Waals surface area contributed by atoms with Crippen LogP contribution in [0.15, 0.2) is 83.8 Å². The molecule has 0 atom stereocenters. The van der Waals surface area contributed by atoms with Crippen LogP contribution < -0.4 is 0 Å². The van der Waals surface area contributed by atoms with Crippen LogP contribution in [0.3, 0.4) is 0 Å². The number of allylic oxidation sites excluding steroid dienone is 1. The molecule has 1 saturated carbocycles. The molecular formula is C27H19F9O3S. The minimum absolute atomic E-state index is 0.133. The van der Waals surface area contributed by atoms with Gasteiger partial charge < -0.3 is 4.74 Å². The summed E-state index contributed by atoms with van der Waals surface area (Å²) in [7, 11) is -4.31. The van der Waals surface area contributed by atoms with Crippen molar-refractivity contribution in [2.45, 2.75) is 47.0 Å². The van der Waals surface area contributed by atoms with Gasteiger partial charge >= 0.3 is 12.4 Å². The fourth-order valence-corrected chi connectivity index (χ4v) is 6.92. The lowest BCUT2D eigenvalue weighted by atomic mass is 9.75. The lowest BCUT2D eigenvalue weighted by molar-refractivity contribution is -0.392. The number of hydrogen-bond acceptors (Lipinski definition) is 3. The van der Waals surface area contributed by atoms with Crippen molar-refractivity contribution in [3.63, 3.8) is 0 Å². The van der Waals surface area contributed by atoms with E-state index in [9.17, 15) is 47.9 Å². The quantitative estimate of drug-likeness (QED) is 0.160. The van der Waals surface area contributed by atoms with Crippen LogP contribution in [0.4, 0.5) is 39.5 Å². The molecule has 1 aliphatic carbocycles. The SMILES string of the molecule is C=C1CC(c2ccc(C(OCc3c(F)cccc3F)(C(F)(F)F)C(F)(F)F)cc2)(S(=O)(=O)c2ccc(F)cc2)C1. The van der Waals surface area contributed by atoms with Gasteiger partial charge in [0.2, 0.25) is 0 Å². The predicted molar refractivity (Wildman–Crippen MR) is 125 cm³/mol. The average molecular weight is 594 g/mol. The largest absolute Gasteiger partial charge is 0.430 e. The Kier molecular flexibility index (Phi) is 7.38. The van der Waals surface area contributed by atoms with Crippen molar-refractivity contribution in [3.8, 4) is 0 Å². The Morgan fingerprint density at radius 1 is 0.775 bits per heavy atom. The van der Waals surface area contributed by atoms with Crippen LogP contribution in [-0.4, -0.2) is 20.8 Å². The van der Waals surface area contributed by atoms with Gasteiger partial charge in [0.1, 0.15) is 22.2 Å². The minimum Gasteiger partial charge on any atom is -0.349 e. The van der Waals surface area contributed by atoms with Crippen LogP contribution >= 0.6 is 0 Å². The fraction of sp³-hybridized carbons (Fsp3) is 0.259. The zero-order chi connectivity index (χ0) is 29.7. The van der Waals surface area contributed by atoms with Crippen LogP contribution in [0, 0.1) is 17.5 Å². The fourth-order valence-electron chi connectivity index (χ4n) is 4.74. The van der Waals surface area contributed by atoms with E-state index in [2.05, 4.69) is 11.3 Å². The van der Waals surface area contributed by atoms with Crippen molar-refractivity contribution >= 4 is 9.84 Å². The summed E-state index contributed by atoms with van der Waals surface area (Å²) >= 11 is 0. The van der Waals surface area contributed by atoms with Crippen molar-refractivity contribution in [3.05, 3.63) is 113 Å². The summed E-state index contributed by atoms with van der Waals surface area (Å²) in [5, 5.41) is 0. The standard InChI is InChI=1S/C27H19F9O3S/c1-16-13-24(14-16,40(37,38)20-11-9-19(28)10-12-20)17-5-7-18(8-6-17)25(26(31,32)33,27(34,35)36)39-15-21-22(29)3-2-4-23(21)30/h2-12H,1,13-15H2. The van der Waals surface area contributed by atoms with Gasteiger partial charge in [-0.05, 0) is 54.8 Å². The number of ether oxygens (including phenoxy) is 1. The van der Waals surface area contributed by atoms with Gasteiger partial charge in [0, 0.05) is 11.1 Å². The van der Waals surface area contributed by atoms with Crippen molar-refractivity contribution in [2.75, 3.05) is 0 Å². The molecule has 0 amide bonds. The van der Waals surface area contributed by atoms with Crippen LogP contribution in [-0.2, 0) is 31.5 Å². The van der Waals surface area contributed by atoms with Gasteiger partial charge in [0.05, 0.1) is 11.5 Å². The third-order valence-corrected chi connectivity index (χ3v) is 9.27. The number of benzene rings is 3. The van der Waals surface area contributed by atoms with E-state index in [1.807, 2.05) is 0 Å². The first-order valence-electron chi connectivity index (χ1n) is 11.4. The van der Waals surface area contributed by atoms with Gasteiger partial charge in [-0.25, -0.2) is 21.6 Å². The summed E-state index contributed by atoms with van der Waals surface area (Å²) < 4.78 is 156. The van der Waals surface area contributed by atoms with Crippen LogP contribution in [0.5, 0.6) is 0 Å². The summed E-state index contributed by atoms with van der Waals surface area (Å²) in [6, 6.07) is 8.37. The normalized spacial score (nSPS) is 16.1. The highest BCUT2D eigenvalue weighted by Crippen LogP contribution is 2.56. The molecule has 0 spiro atoms. The van der Waals surface area contributed by atoms with Crippen LogP contribution in [0.2, 0.25) is 0 Å². The third-order valence-electron chi connectivity index (χ3n) is 6.82. The predicted octanol–water partition coefficient (Wildman–Crippen LogP) is 7.66. The number of rotatable bonds is 7. The third kappa shape index (κ3) is 4.68. The lowest BCUT2D eigenvalue weighted by Crippen LogP contribution is -2.56. The highest BCUT2D eigenvalue weighted by molar-refractivity contribution is 7.92. The molecule has 13 heteroatoms. The van der Waals surface area contributed by atoms with E-state index in [1.165, 1.54) is 0 Å². The van der Waals surface area contributed by atoms with Crippen molar-refractivity contribution < 1.29 is 52.7 Å². The summed E-state index contributed by atoms with van der Waals surface area (Å²) in [4.78, 5) is -0.305. The molecule has 0 radical (unpaired) electrons. The Balaban J connectivity index is 1.81. The highest BCUT2D eigenvalue weighted by atomic mass is 32.2. The molecule has 214 valence electrons. The average Bonchev–Trinajstić information content (AvgIpc) is 2.82. The van der Waals surface area contributed by atoms with E-state index in [4.69, 9.17) is 0 Å². The molecule has 0 aromatic heterocycles. The van der Waals surface area contributed by atoms with Gasteiger partial charge in [-0.2, -0.15) is 26.3 Å². The van der Waals surface area contributed by atoms with E-state index in [-0.39, 0.29) is 23.3 Å². The Morgan fingerprint density at radius 2 is 1.27 bits per heavy atom. The molecular weight excluding hydrogens is 575 g/mol. The second-order valence-electron chi connectivity index (χ2n) is 9.30. The Hall–Kier alpha value is -3.32. The first-order valence-corrected chi connectivity index (χ1v) is 12.9. The molecule has 4 rings (SSSR count). The maximum Gasteiger partial charge on any atom is 0.430 e. The summed E-state index contributed by atoms with van der Waals surface area (Å²) in [5.41, 5.74) is -7.31. The zero-order valence-corrected chi connectivity index (χ0v) is 21.0. The molecule has 0 heterocycles. The number of sulfone groups is 1. The second kappa shape index (κ2) is 9.95. The molecule has 1 fully saturated rings. The molecule has 3 nitrogen and oxygen atoms in total. The van der Waals surface area contributed by atoms with Crippen molar-refractivity contribution in [1.82, 2.24) is 0 Å². The van der Waals surface area contributed by atoms with Gasteiger partial charge in [0.15, 0.2) is 9.84 Å². The van der Waals surface area contributed by atoms with Gasteiger partial charge in [-0.15, -0.1) is 0 Å². The van der Waals surface area contributed by atoms with E-state index >= 15 is 0 Å². The summed E-state index contributed by atoms with van der Waals surface area (Å²) in [5.74, 6) is -3.54. The molecule has 1 aliphatic rings.